The lowest BCUT2D eigenvalue weighted by atomic mass is 9.88. The van der Waals surface area contributed by atoms with Gasteiger partial charge in [-0.05, 0) is 42.9 Å². The predicted molar refractivity (Wildman–Crippen MR) is 77.6 cm³/mol. The first-order valence-electron chi connectivity index (χ1n) is 6.69. The van der Waals surface area contributed by atoms with E-state index in [0.717, 1.165) is 25.8 Å². The van der Waals surface area contributed by atoms with Crippen molar-refractivity contribution >= 4 is 0 Å². The van der Waals surface area contributed by atoms with Crippen LogP contribution in [0.25, 0.3) is 0 Å². The van der Waals surface area contributed by atoms with E-state index in [0.29, 0.717) is 5.92 Å². The molecule has 0 bridgehead atoms. The van der Waals surface area contributed by atoms with Gasteiger partial charge in [0.2, 0.25) is 0 Å². The summed E-state index contributed by atoms with van der Waals surface area (Å²) >= 11 is 0. The normalized spacial score (nSPS) is 12.3. The van der Waals surface area contributed by atoms with E-state index in [2.05, 4.69) is 60.7 Å². The zero-order chi connectivity index (χ0) is 12.6. The molecule has 0 fully saturated rings. The third-order valence-electron chi connectivity index (χ3n) is 3.35. The van der Waals surface area contributed by atoms with Gasteiger partial charge in [-0.3, -0.25) is 0 Å². The highest BCUT2D eigenvalue weighted by Gasteiger charge is 2.11. The van der Waals surface area contributed by atoms with Crippen molar-refractivity contribution < 1.29 is 0 Å². The van der Waals surface area contributed by atoms with Gasteiger partial charge in [0.25, 0.3) is 0 Å². The summed E-state index contributed by atoms with van der Waals surface area (Å²) in [5, 5.41) is 0. The van der Waals surface area contributed by atoms with Gasteiger partial charge in [0, 0.05) is 0 Å². The van der Waals surface area contributed by atoms with E-state index in [-0.39, 0.29) is 0 Å². The first-order valence-corrected chi connectivity index (χ1v) is 6.69. The Balaban J connectivity index is 2.10. The van der Waals surface area contributed by atoms with Crippen LogP contribution in [0.5, 0.6) is 0 Å². The molecule has 1 unspecified atom stereocenters. The lowest BCUT2D eigenvalue weighted by Crippen LogP contribution is -2.07. The largest absolute Gasteiger partial charge is 0.330 e. The molecule has 0 saturated heterocycles. The van der Waals surface area contributed by atoms with Crippen molar-refractivity contribution in [2.45, 2.75) is 25.2 Å². The fourth-order valence-corrected chi connectivity index (χ4v) is 2.37. The molecule has 1 atom stereocenters. The van der Waals surface area contributed by atoms with Crippen LogP contribution in [0.4, 0.5) is 0 Å². The van der Waals surface area contributed by atoms with E-state index in [4.69, 9.17) is 5.73 Å². The Morgan fingerprint density at radius 1 is 0.833 bits per heavy atom. The molecule has 0 aromatic heterocycles. The highest BCUT2D eigenvalue weighted by atomic mass is 14.5. The molecule has 2 rings (SSSR count). The van der Waals surface area contributed by atoms with Gasteiger partial charge in [-0.15, -0.1) is 0 Å². The lowest BCUT2D eigenvalue weighted by molar-refractivity contribution is 0.594. The molecular formula is C17H21N. The standard InChI is InChI=1S/C17H21N/c18-13-7-12-17(16-10-5-2-6-11-16)14-15-8-3-1-4-9-15/h1-6,8-11,17H,7,12-14,18H2. The summed E-state index contributed by atoms with van der Waals surface area (Å²) in [4.78, 5) is 0. The van der Waals surface area contributed by atoms with Gasteiger partial charge in [-0.25, -0.2) is 0 Å². The Kier molecular flexibility index (Phi) is 4.98. The van der Waals surface area contributed by atoms with Gasteiger partial charge in [0.1, 0.15) is 0 Å². The number of nitrogens with two attached hydrogens (primary N) is 1. The molecule has 0 amide bonds. The van der Waals surface area contributed by atoms with Crippen LogP contribution in [0.1, 0.15) is 29.9 Å². The van der Waals surface area contributed by atoms with Crippen LogP contribution in [0, 0.1) is 0 Å². The summed E-state index contributed by atoms with van der Waals surface area (Å²) in [6.45, 7) is 0.776. The summed E-state index contributed by atoms with van der Waals surface area (Å²) < 4.78 is 0. The Bertz CT molecular complexity index is 436. The van der Waals surface area contributed by atoms with Crippen LogP contribution in [0.2, 0.25) is 0 Å². The van der Waals surface area contributed by atoms with E-state index in [1.807, 2.05) is 0 Å². The highest BCUT2D eigenvalue weighted by Crippen LogP contribution is 2.25. The maximum absolute atomic E-state index is 5.65. The highest BCUT2D eigenvalue weighted by molar-refractivity contribution is 5.24. The summed E-state index contributed by atoms with van der Waals surface area (Å²) in [6, 6.07) is 21.5. The van der Waals surface area contributed by atoms with E-state index in [1.54, 1.807) is 0 Å². The third-order valence-corrected chi connectivity index (χ3v) is 3.35. The minimum absolute atomic E-state index is 0.581. The number of hydrogen-bond donors (Lipinski definition) is 1. The molecule has 2 aromatic carbocycles. The molecule has 2 aromatic rings. The summed E-state index contributed by atoms with van der Waals surface area (Å²) in [7, 11) is 0. The molecule has 0 radical (unpaired) electrons. The van der Waals surface area contributed by atoms with Crippen LogP contribution in [-0.4, -0.2) is 6.54 Å². The summed E-state index contributed by atoms with van der Waals surface area (Å²) in [5.74, 6) is 0.581. The second kappa shape index (κ2) is 6.97. The van der Waals surface area contributed by atoms with Crippen molar-refractivity contribution in [3.05, 3.63) is 71.8 Å². The maximum atomic E-state index is 5.65. The molecular weight excluding hydrogens is 218 g/mol. The molecule has 0 saturated carbocycles. The Morgan fingerprint density at radius 3 is 2.06 bits per heavy atom. The number of rotatable bonds is 6. The van der Waals surface area contributed by atoms with Crippen LogP contribution in [0.3, 0.4) is 0 Å². The van der Waals surface area contributed by atoms with Gasteiger partial charge >= 0.3 is 0 Å². The average molecular weight is 239 g/mol. The van der Waals surface area contributed by atoms with Crippen molar-refractivity contribution in [1.29, 1.82) is 0 Å². The van der Waals surface area contributed by atoms with Crippen molar-refractivity contribution in [2.24, 2.45) is 5.73 Å². The molecule has 0 aliphatic rings. The van der Waals surface area contributed by atoms with E-state index < -0.39 is 0 Å². The quantitative estimate of drug-likeness (QED) is 0.816. The molecule has 0 aliphatic carbocycles. The monoisotopic (exact) mass is 239 g/mol. The van der Waals surface area contributed by atoms with E-state index in [1.165, 1.54) is 11.1 Å². The molecule has 2 N–H and O–H groups in total. The fraction of sp³-hybridized carbons (Fsp3) is 0.294. The third kappa shape index (κ3) is 3.71. The Hall–Kier alpha value is -1.60. The smallest absolute Gasteiger partial charge is 0.00771 e. The van der Waals surface area contributed by atoms with Gasteiger partial charge in [-0.2, -0.15) is 0 Å². The number of benzene rings is 2. The second-order valence-electron chi connectivity index (χ2n) is 4.73. The first-order chi connectivity index (χ1) is 8.90. The van der Waals surface area contributed by atoms with Crippen LogP contribution in [-0.2, 0) is 6.42 Å². The average Bonchev–Trinajstić information content (AvgIpc) is 2.45. The van der Waals surface area contributed by atoms with Crippen molar-refractivity contribution in [3.8, 4) is 0 Å². The van der Waals surface area contributed by atoms with Crippen LogP contribution >= 0.6 is 0 Å². The zero-order valence-corrected chi connectivity index (χ0v) is 10.8. The molecule has 94 valence electrons. The van der Waals surface area contributed by atoms with Gasteiger partial charge in [0.05, 0.1) is 0 Å². The number of hydrogen-bond acceptors (Lipinski definition) is 1. The summed E-state index contributed by atoms with van der Waals surface area (Å²) in [6.07, 6.45) is 3.35. The van der Waals surface area contributed by atoms with Gasteiger partial charge in [0.15, 0.2) is 0 Å². The maximum Gasteiger partial charge on any atom is -0.00771 e. The SMILES string of the molecule is NCCCC(Cc1ccccc1)c1ccccc1. The van der Waals surface area contributed by atoms with Crippen molar-refractivity contribution in [2.75, 3.05) is 6.54 Å². The van der Waals surface area contributed by atoms with Crippen molar-refractivity contribution in [3.63, 3.8) is 0 Å². The van der Waals surface area contributed by atoms with Gasteiger partial charge in [-0.1, -0.05) is 60.7 Å². The van der Waals surface area contributed by atoms with E-state index in [9.17, 15) is 0 Å². The lowest BCUT2D eigenvalue weighted by Gasteiger charge is -2.17. The van der Waals surface area contributed by atoms with Crippen LogP contribution < -0.4 is 5.73 Å². The topological polar surface area (TPSA) is 26.0 Å². The van der Waals surface area contributed by atoms with Gasteiger partial charge < -0.3 is 5.73 Å². The van der Waals surface area contributed by atoms with Crippen LogP contribution in [0.15, 0.2) is 60.7 Å². The Morgan fingerprint density at radius 2 is 1.44 bits per heavy atom. The Labute approximate surface area is 110 Å². The molecule has 1 heteroatoms. The van der Waals surface area contributed by atoms with Crippen molar-refractivity contribution in [1.82, 2.24) is 0 Å². The minimum Gasteiger partial charge on any atom is -0.330 e. The second-order valence-corrected chi connectivity index (χ2v) is 4.73. The minimum atomic E-state index is 0.581. The zero-order valence-electron chi connectivity index (χ0n) is 10.8. The molecule has 0 heterocycles. The molecule has 1 nitrogen and oxygen atoms in total. The van der Waals surface area contributed by atoms with E-state index >= 15 is 0 Å². The summed E-state index contributed by atoms with van der Waals surface area (Å²) in [5.41, 5.74) is 8.48. The fourth-order valence-electron chi connectivity index (χ4n) is 2.37. The molecule has 0 aliphatic heterocycles. The molecule has 0 spiro atoms. The predicted octanol–water partition coefficient (Wildman–Crippen LogP) is 3.75. The molecule has 18 heavy (non-hydrogen) atoms. The first kappa shape index (κ1) is 12.8.